The summed E-state index contributed by atoms with van der Waals surface area (Å²) in [6.07, 6.45) is -3.38. The lowest BCUT2D eigenvalue weighted by atomic mass is 10.0. The van der Waals surface area contributed by atoms with Crippen LogP contribution in [0.15, 0.2) is 18.2 Å². The highest BCUT2D eigenvalue weighted by atomic mass is 35.5. The van der Waals surface area contributed by atoms with Gasteiger partial charge in [-0.05, 0) is 31.0 Å². The zero-order valence-corrected chi connectivity index (χ0v) is 13.0. The van der Waals surface area contributed by atoms with Gasteiger partial charge < -0.3 is 4.57 Å². The highest BCUT2D eigenvalue weighted by molar-refractivity contribution is 6.16. The highest BCUT2D eigenvalue weighted by Crippen LogP contribution is 2.33. The largest absolute Gasteiger partial charge is 0.416 e. The second-order valence-electron chi connectivity index (χ2n) is 5.36. The number of imidazole rings is 1. The molecule has 2 rings (SSSR count). The Labute approximate surface area is 126 Å². The van der Waals surface area contributed by atoms with Gasteiger partial charge in [0, 0.05) is 6.04 Å². The lowest BCUT2D eigenvalue weighted by Gasteiger charge is -2.22. The van der Waals surface area contributed by atoms with Gasteiger partial charge in [-0.1, -0.05) is 20.3 Å². The summed E-state index contributed by atoms with van der Waals surface area (Å²) >= 11 is 5.92. The zero-order chi connectivity index (χ0) is 15.8. The fraction of sp³-hybridized carbons (Fsp3) is 0.533. The van der Waals surface area contributed by atoms with Crippen molar-refractivity contribution in [3.63, 3.8) is 0 Å². The first kappa shape index (κ1) is 16.1. The Balaban J connectivity index is 2.60. The molecule has 116 valence electrons. The molecule has 1 aromatic carbocycles. The van der Waals surface area contributed by atoms with Gasteiger partial charge in [-0.25, -0.2) is 4.98 Å². The van der Waals surface area contributed by atoms with Crippen molar-refractivity contribution in [3.8, 4) is 0 Å². The second-order valence-corrected chi connectivity index (χ2v) is 5.63. The van der Waals surface area contributed by atoms with E-state index in [0.29, 0.717) is 22.8 Å². The van der Waals surface area contributed by atoms with Crippen molar-refractivity contribution < 1.29 is 13.2 Å². The van der Waals surface area contributed by atoms with Crippen LogP contribution in [0.3, 0.4) is 0 Å². The SMILES string of the molecule is CCC(C)C(C)n1c(CCl)nc2cc(C(F)(F)F)ccc21. The molecule has 0 spiro atoms. The van der Waals surface area contributed by atoms with Crippen molar-refractivity contribution in [3.05, 3.63) is 29.6 Å². The molecule has 6 heteroatoms. The number of aromatic nitrogens is 2. The molecule has 0 N–H and O–H groups in total. The maximum absolute atomic E-state index is 12.8. The molecular weight excluding hydrogens is 301 g/mol. The lowest BCUT2D eigenvalue weighted by Crippen LogP contribution is -2.15. The molecule has 1 heterocycles. The summed E-state index contributed by atoms with van der Waals surface area (Å²) in [6, 6.07) is 3.80. The van der Waals surface area contributed by atoms with E-state index >= 15 is 0 Å². The smallest absolute Gasteiger partial charge is 0.324 e. The highest BCUT2D eigenvalue weighted by Gasteiger charge is 2.31. The van der Waals surface area contributed by atoms with Gasteiger partial charge >= 0.3 is 6.18 Å². The van der Waals surface area contributed by atoms with Crippen molar-refractivity contribution in [2.24, 2.45) is 5.92 Å². The predicted octanol–water partition coefficient (Wildman–Crippen LogP) is 5.40. The standard InChI is InChI=1S/C15H18ClF3N2/c1-4-9(2)10(3)21-13-6-5-11(15(17,18)19)7-12(13)20-14(21)8-16/h5-7,9-10H,4,8H2,1-3H3. The first-order chi connectivity index (χ1) is 9.79. The summed E-state index contributed by atoms with van der Waals surface area (Å²) < 4.78 is 40.3. The number of rotatable bonds is 4. The Hall–Kier alpha value is -1.23. The Morgan fingerprint density at radius 2 is 1.95 bits per heavy atom. The predicted molar refractivity (Wildman–Crippen MR) is 78.5 cm³/mol. The van der Waals surface area contributed by atoms with E-state index in [-0.39, 0.29) is 11.9 Å². The van der Waals surface area contributed by atoms with Crippen LogP contribution < -0.4 is 0 Å². The number of halogens is 4. The maximum atomic E-state index is 12.8. The number of nitrogens with zero attached hydrogens (tertiary/aromatic N) is 2. The number of alkyl halides is 4. The van der Waals surface area contributed by atoms with Crippen LogP contribution >= 0.6 is 11.6 Å². The molecule has 0 fully saturated rings. The number of benzene rings is 1. The molecule has 21 heavy (non-hydrogen) atoms. The van der Waals surface area contributed by atoms with E-state index < -0.39 is 11.7 Å². The van der Waals surface area contributed by atoms with Gasteiger partial charge in [-0.15, -0.1) is 11.6 Å². The molecule has 2 nitrogen and oxygen atoms in total. The van der Waals surface area contributed by atoms with Crippen molar-refractivity contribution in [2.45, 2.75) is 45.3 Å². The number of fused-ring (bicyclic) bond motifs is 1. The van der Waals surface area contributed by atoms with Crippen molar-refractivity contribution in [1.29, 1.82) is 0 Å². The van der Waals surface area contributed by atoms with E-state index in [4.69, 9.17) is 11.6 Å². The van der Waals surface area contributed by atoms with Gasteiger partial charge in [-0.3, -0.25) is 0 Å². The Bertz CT molecular complexity index is 634. The summed E-state index contributed by atoms with van der Waals surface area (Å²) in [4.78, 5) is 4.27. The van der Waals surface area contributed by atoms with Gasteiger partial charge in [0.05, 0.1) is 22.5 Å². The molecule has 2 atom stereocenters. The minimum absolute atomic E-state index is 0.130. The summed E-state index contributed by atoms with van der Waals surface area (Å²) in [5.41, 5.74) is 0.360. The first-order valence-electron chi connectivity index (χ1n) is 6.93. The normalized spacial score (nSPS) is 15.4. The van der Waals surface area contributed by atoms with Crippen LogP contribution in [0.2, 0.25) is 0 Å². The molecule has 0 aliphatic heterocycles. The average Bonchev–Trinajstić information content (AvgIpc) is 2.82. The molecule has 0 aliphatic carbocycles. The van der Waals surface area contributed by atoms with Crippen LogP contribution in [-0.2, 0) is 12.1 Å². The second kappa shape index (κ2) is 5.87. The topological polar surface area (TPSA) is 17.8 Å². The molecule has 0 amide bonds. The fourth-order valence-electron chi connectivity index (χ4n) is 2.47. The van der Waals surface area contributed by atoms with Crippen molar-refractivity contribution in [2.75, 3.05) is 0 Å². The van der Waals surface area contributed by atoms with Gasteiger partial charge in [0.2, 0.25) is 0 Å². The molecular formula is C15H18ClF3N2. The van der Waals surface area contributed by atoms with E-state index in [0.717, 1.165) is 18.6 Å². The van der Waals surface area contributed by atoms with Crippen molar-refractivity contribution in [1.82, 2.24) is 9.55 Å². The molecule has 0 saturated carbocycles. The fourth-order valence-corrected chi connectivity index (χ4v) is 2.66. The Kier molecular flexibility index (Phi) is 4.51. The quantitative estimate of drug-likeness (QED) is 0.690. The van der Waals surface area contributed by atoms with Crippen LogP contribution in [0.1, 0.15) is 44.6 Å². The maximum Gasteiger partial charge on any atom is 0.416 e. The van der Waals surface area contributed by atoms with E-state index in [1.54, 1.807) is 0 Å². The summed E-state index contributed by atoms with van der Waals surface area (Å²) in [5, 5.41) is 0. The molecule has 0 aliphatic rings. The number of hydrogen-bond acceptors (Lipinski definition) is 1. The average molecular weight is 319 g/mol. The minimum Gasteiger partial charge on any atom is -0.324 e. The van der Waals surface area contributed by atoms with E-state index in [1.165, 1.54) is 6.07 Å². The molecule has 0 bridgehead atoms. The summed E-state index contributed by atoms with van der Waals surface area (Å²) in [7, 11) is 0. The van der Waals surface area contributed by atoms with E-state index in [1.807, 2.05) is 11.5 Å². The summed E-state index contributed by atoms with van der Waals surface area (Å²) in [5.74, 6) is 1.17. The van der Waals surface area contributed by atoms with Crippen LogP contribution in [0, 0.1) is 5.92 Å². The third kappa shape index (κ3) is 3.03. The monoisotopic (exact) mass is 318 g/mol. The first-order valence-corrected chi connectivity index (χ1v) is 7.47. The Morgan fingerprint density at radius 3 is 2.48 bits per heavy atom. The zero-order valence-electron chi connectivity index (χ0n) is 12.2. The van der Waals surface area contributed by atoms with E-state index in [2.05, 4.69) is 18.8 Å². The molecule has 1 aromatic heterocycles. The van der Waals surface area contributed by atoms with Crippen LogP contribution in [-0.4, -0.2) is 9.55 Å². The minimum atomic E-state index is -4.36. The Morgan fingerprint density at radius 1 is 1.29 bits per heavy atom. The summed E-state index contributed by atoms with van der Waals surface area (Å²) in [6.45, 7) is 6.24. The molecule has 2 aromatic rings. The van der Waals surface area contributed by atoms with Crippen LogP contribution in [0.5, 0.6) is 0 Å². The van der Waals surface area contributed by atoms with Crippen molar-refractivity contribution >= 4 is 22.6 Å². The lowest BCUT2D eigenvalue weighted by molar-refractivity contribution is -0.137. The van der Waals surface area contributed by atoms with Gasteiger partial charge in [0.25, 0.3) is 0 Å². The third-order valence-electron chi connectivity index (χ3n) is 4.08. The van der Waals surface area contributed by atoms with Gasteiger partial charge in [0.15, 0.2) is 0 Å². The molecule has 2 unspecified atom stereocenters. The van der Waals surface area contributed by atoms with Gasteiger partial charge in [-0.2, -0.15) is 13.2 Å². The van der Waals surface area contributed by atoms with E-state index in [9.17, 15) is 13.2 Å². The molecule has 0 radical (unpaired) electrons. The van der Waals surface area contributed by atoms with Crippen LogP contribution in [0.25, 0.3) is 11.0 Å². The van der Waals surface area contributed by atoms with Crippen LogP contribution in [0.4, 0.5) is 13.2 Å². The van der Waals surface area contributed by atoms with Gasteiger partial charge in [0.1, 0.15) is 5.82 Å². The third-order valence-corrected chi connectivity index (χ3v) is 4.32. The molecule has 0 saturated heterocycles. The number of hydrogen-bond donors (Lipinski definition) is 0.